The summed E-state index contributed by atoms with van der Waals surface area (Å²) < 4.78 is 6.54. The first-order valence-corrected chi connectivity index (χ1v) is 9.78. The molecule has 0 amide bonds. The number of hydrogen-bond acceptors (Lipinski definition) is 4. The van der Waals surface area contributed by atoms with Crippen LogP contribution in [0.4, 0.5) is 5.69 Å². The average Bonchev–Trinajstić information content (AvgIpc) is 3.20. The van der Waals surface area contributed by atoms with Gasteiger partial charge in [0, 0.05) is 11.6 Å². The van der Waals surface area contributed by atoms with Crippen LogP contribution in [-0.4, -0.2) is 23.4 Å². The largest absolute Gasteiger partial charge is 0.497 e. The number of nitrogens with zero attached hydrogens (tertiary/aromatic N) is 3. The molecule has 1 fully saturated rings. The van der Waals surface area contributed by atoms with E-state index in [2.05, 4.69) is 22.1 Å². The van der Waals surface area contributed by atoms with Gasteiger partial charge in [0.05, 0.1) is 30.7 Å². The van der Waals surface area contributed by atoms with E-state index in [1.54, 1.807) is 37.6 Å². The summed E-state index contributed by atoms with van der Waals surface area (Å²) in [6, 6.07) is 15.1. The van der Waals surface area contributed by atoms with Crippen molar-refractivity contribution in [1.29, 1.82) is 0 Å². The fourth-order valence-corrected chi connectivity index (χ4v) is 3.98. The molecule has 4 rings (SSSR count). The SMILES string of the molecule is COc1ccc([C@H]2CCCN2c2cnn(-c3ccc(Cl)cc3)c(=O)c2Cl)cc1. The topological polar surface area (TPSA) is 47.4 Å². The summed E-state index contributed by atoms with van der Waals surface area (Å²) in [5.74, 6) is 0.818. The fourth-order valence-electron chi connectivity index (χ4n) is 3.62. The van der Waals surface area contributed by atoms with Crippen molar-refractivity contribution in [3.8, 4) is 11.4 Å². The first-order valence-electron chi connectivity index (χ1n) is 9.03. The Balaban J connectivity index is 1.69. The van der Waals surface area contributed by atoms with Crippen molar-refractivity contribution < 1.29 is 4.74 Å². The van der Waals surface area contributed by atoms with Gasteiger partial charge in [0.1, 0.15) is 10.8 Å². The van der Waals surface area contributed by atoms with Gasteiger partial charge in [-0.25, -0.2) is 0 Å². The minimum absolute atomic E-state index is 0.149. The molecule has 0 aliphatic carbocycles. The molecule has 1 atom stereocenters. The summed E-state index contributed by atoms with van der Waals surface area (Å²) in [6.07, 6.45) is 3.68. The summed E-state index contributed by atoms with van der Waals surface area (Å²) in [7, 11) is 1.65. The lowest BCUT2D eigenvalue weighted by Crippen LogP contribution is -2.28. The summed E-state index contributed by atoms with van der Waals surface area (Å²) in [4.78, 5) is 15.0. The predicted molar refractivity (Wildman–Crippen MR) is 112 cm³/mol. The molecular weight excluding hydrogens is 397 g/mol. The van der Waals surface area contributed by atoms with Crippen molar-refractivity contribution in [2.75, 3.05) is 18.6 Å². The van der Waals surface area contributed by atoms with Crippen molar-refractivity contribution in [2.45, 2.75) is 18.9 Å². The highest BCUT2D eigenvalue weighted by Gasteiger charge is 2.29. The number of hydrogen-bond donors (Lipinski definition) is 0. The van der Waals surface area contributed by atoms with E-state index in [-0.39, 0.29) is 16.6 Å². The minimum Gasteiger partial charge on any atom is -0.497 e. The van der Waals surface area contributed by atoms with Crippen LogP contribution in [0.2, 0.25) is 10.0 Å². The molecule has 0 N–H and O–H groups in total. The summed E-state index contributed by atoms with van der Waals surface area (Å²) in [6.45, 7) is 0.822. The smallest absolute Gasteiger partial charge is 0.292 e. The number of rotatable bonds is 4. The monoisotopic (exact) mass is 415 g/mol. The highest BCUT2D eigenvalue weighted by molar-refractivity contribution is 6.33. The predicted octanol–water partition coefficient (Wildman–Crippen LogP) is 4.89. The van der Waals surface area contributed by atoms with Crippen molar-refractivity contribution in [3.05, 3.63) is 80.7 Å². The van der Waals surface area contributed by atoms with Crippen LogP contribution in [0.5, 0.6) is 5.75 Å². The maximum atomic E-state index is 12.9. The molecule has 0 bridgehead atoms. The molecule has 0 radical (unpaired) electrons. The van der Waals surface area contributed by atoms with E-state index < -0.39 is 0 Å². The molecule has 0 unspecified atom stereocenters. The van der Waals surface area contributed by atoms with Gasteiger partial charge in [0.2, 0.25) is 0 Å². The first kappa shape index (κ1) is 18.8. The number of halogens is 2. The van der Waals surface area contributed by atoms with Crippen LogP contribution in [0.3, 0.4) is 0 Å². The van der Waals surface area contributed by atoms with Gasteiger partial charge in [-0.05, 0) is 54.8 Å². The quantitative estimate of drug-likeness (QED) is 0.608. The number of benzene rings is 2. The highest BCUT2D eigenvalue weighted by Crippen LogP contribution is 2.38. The molecule has 7 heteroatoms. The molecule has 1 aliphatic rings. The van der Waals surface area contributed by atoms with Gasteiger partial charge in [-0.3, -0.25) is 4.79 Å². The third kappa shape index (κ3) is 3.48. The Morgan fingerprint density at radius 1 is 1.07 bits per heavy atom. The molecule has 144 valence electrons. The lowest BCUT2D eigenvalue weighted by atomic mass is 10.0. The van der Waals surface area contributed by atoms with E-state index in [0.717, 1.165) is 30.7 Å². The first-order chi connectivity index (χ1) is 13.6. The number of anilines is 1. The number of ether oxygens (including phenoxy) is 1. The van der Waals surface area contributed by atoms with Crippen LogP contribution in [0.25, 0.3) is 5.69 Å². The molecule has 0 spiro atoms. The third-order valence-electron chi connectivity index (χ3n) is 5.03. The van der Waals surface area contributed by atoms with E-state index in [0.29, 0.717) is 16.4 Å². The van der Waals surface area contributed by atoms with E-state index in [4.69, 9.17) is 27.9 Å². The maximum absolute atomic E-state index is 12.9. The van der Waals surface area contributed by atoms with Crippen LogP contribution in [-0.2, 0) is 0 Å². The van der Waals surface area contributed by atoms with Gasteiger partial charge in [-0.1, -0.05) is 35.3 Å². The van der Waals surface area contributed by atoms with Crippen LogP contribution in [0.1, 0.15) is 24.4 Å². The molecule has 2 aromatic carbocycles. The van der Waals surface area contributed by atoms with Gasteiger partial charge in [-0.2, -0.15) is 9.78 Å². The number of methoxy groups -OCH3 is 1. The molecule has 3 aromatic rings. The van der Waals surface area contributed by atoms with Crippen LogP contribution in [0, 0.1) is 0 Å². The van der Waals surface area contributed by atoms with Crippen molar-refractivity contribution >= 4 is 28.9 Å². The Hall–Kier alpha value is -2.50. The van der Waals surface area contributed by atoms with Gasteiger partial charge in [0.25, 0.3) is 5.56 Å². The van der Waals surface area contributed by atoms with Crippen molar-refractivity contribution in [2.24, 2.45) is 0 Å². The summed E-state index contributed by atoms with van der Waals surface area (Å²) >= 11 is 12.4. The van der Waals surface area contributed by atoms with Crippen molar-refractivity contribution in [3.63, 3.8) is 0 Å². The molecule has 1 aliphatic heterocycles. The Morgan fingerprint density at radius 3 is 2.46 bits per heavy atom. The summed E-state index contributed by atoms with van der Waals surface area (Å²) in [5, 5.41) is 5.12. The zero-order chi connectivity index (χ0) is 19.7. The Kier molecular flexibility index (Phi) is 5.29. The second kappa shape index (κ2) is 7.86. The fraction of sp³-hybridized carbons (Fsp3) is 0.238. The highest BCUT2D eigenvalue weighted by atomic mass is 35.5. The Bertz CT molecular complexity index is 1030. The molecule has 1 aromatic heterocycles. The minimum atomic E-state index is -0.345. The zero-order valence-corrected chi connectivity index (χ0v) is 16.8. The molecule has 5 nitrogen and oxygen atoms in total. The zero-order valence-electron chi connectivity index (χ0n) is 15.3. The molecule has 1 saturated heterocycles. The standard InChI is InChI=1S/C21H19Cl2N3O2/c1-28-17-10-4-14(5-11-17)18-3-2-12-25(18)19-13-24-26(21(27)20(19)23)16-8-6-15(22)7-9-16/h4-11,13,18H,2-3,12H2,1H3/t18-/m1/s1. The molecule has 0 saturated carbocycles. The average molecular weight is 416 g/mol. The van der Waals surface area contributed by atoms with Crippen LogP contribution in [0.15, 0.2) is 59.5 Å². The summed E-state index contributed by atoms with van der Waals surface area (Å²) in [5.41, 5.74) is 2.10. The van der Waals surface area contributed by atoms with Gasteiger partial charge in [-0.15, -0.1) is 0 Å². The van der Waals surface area contributed by atoms with E-state index >= 15 is 0 Å². The molecular formula is C21H19Cl2N3O2. The van der Waals surface area contributed by atoms with E-state index in [1.165, 1.54) is 4.68 Å². The Labute approximate surface area is 173 Å². The second-order valence-electron chi connectivity index (χ2n) is 6.66. The lowest BCUT2D eigenvalue weighted by Gasteiger charge is -2.27. The molecule has 28 heavy (non-hydrogen) atoms. The van der Waals surface area contributed by atoms with Crippen LogP contribution < -0.4 is 15.2 Å². The van der Waals surface area contributed by atoms with Crippen LogP contribution >= 0.6 is 23.2 Å². The lowest BCUT2D eigenvalue weighted by molar-refractivity contribution is 0.414. The van der Waals surface area contributed by atoms with E-state index in [9.17, 15) is 4.79 Å². The van der Waals surface area contributed by atoms with E-state index in [1.807, 2.05) is 12.1 Å². The Morgan fingerprint density at radius 2 is 1.79 bits per heavy atom. The second-order valence-corrected chi connectivity index (χ2v) is 7.48. The molecule has 2 heterocycles. The third-order valence-corrected chi connectivity index (χ3v) is 5.64. The number of aromatic nitrogens is 2. The van der Waals surface area contributed by atoms with Gasteiger partial charge >= 0.3 is 0 Å². The van der Waals surface area contributed by atoms with Gasteiger partial charge in [0.15, 0.2) is 0 Å². The van der Waals surface area contributed by atoms with Gasteiger partial charge < -0.3 is 9.64 Å². The normalized spacial score (nSPS) is 16.4. The van der Waals surface area contributed by atoms with Crippen molar-refractivity contribution in [1.82, 2.24) is 9.78 Å². The maximum Gasteiger partial charge on any atom is 0.292 e.